The van der Waals surface area contributed by atoms with E-state index in [4.69, 9.17) is 23.6 Å². The third kappa shape index (κ3) is 21.1. The second-order valence-corrected chi connectivity index (χ2v) is 20.8. The summed E-state index contributed by atoms with van der Waals surface area (Å²) in [5.41, 5.74) is 0. The molecule has 0 saturated heterocycles. The fourth-order valence-corrected chi connectivity index (χ4v) is 17.1. The van der Waals surface area contributed by atoms with Crippen molar-refractivity contribution in [3.63, 3.8) is 0 Å². The SMILES string of the molecule is CCCCCCCP(=S)(CCCCCCC)NP(=S)(CCCCCCC)CCCCCCC. The first-order valence-electron chi connectivity index (χ1n) is 14.9. The van der Waals surface area contributed by atoms with E-state index in [-0.39, 0.29) is 0 Å². The summed E-state index contributed by atoms with van der Waals surface area (Å²) in [6.07, 6.45) is 29.0. The molecule has 1 nitrogen and oxygen atoms in total. The normalized spacial score (nSPS) is 12.5. The van der Waals surface area contributed by atoms with Gasteiger partial charge in [-0.3, -0.25) is 4.86 Å². The molecule has 0 aromatic rings. The predicted molar refractivity (Wildman–Crippen MR) is 166 cm³/mol. The fourth-order valence-electron chi connectivity index (χ4n) is 4.64. The molecule has 33 heavy (non-hydrogen) atoms. The van der Waals surface area contributed by atoms with Crippen LogP contribution >= 0.6 is 12.4 Å². The Morgan fingerprint density at radius 1 is 0.364 bits per heavy atom. The van der Waals surface area contributed by atoms with Crippen LogP contribution in [0.15, 0.2) is 0 Å². The molecule has 0 aromatic carbocycles. The summed E-state index contributed by atoms with van der Waals surface area (Å²) < 4.78 is 0. The van der Waals surface area contributed by atoms with E-state index in [9.17, 15) is 0 Å². The maximum Gasteiger partial charge on any atom is 0.0164 e. The molecule has 0 aliphatic carbocycles. The summed E-state index contributed by atoms with van der Waals surface area (Å²) >= 11 is 13.0. The highest BCUT2D eigenvalue weighted by Gasteiger charge is 2.25. The lowest BCUT2D eigenvalue weighted by atomic mass is 10.2. The van der Waals surface area contributed by atoms with Gasteiger partial charge in [-0.2, -0.15) is 0 Å². The molecule has 200 valence electrons. The summed E-state index contributed by atoms with van der Waals surface area (Å²) in [6.45, 7) is 9.22. The van der Waals surface area contributed by atoms with Crippen molar-refractivity contribution in [2.24, 2.45) is 0 Å². The zero-order valence-electron chi connectivity index (χ0n) is 23.2. The first kappa shape index (κ1) is 34.3. The van der Waals surface area contributed by atoms with Gasteiger partial charge in [0.25, 0.3) is 0 Å². The van der Waals surface area contributed by atoms with E-state index in [0.717, 1.165) is 0 Å². The van der Waals surface area contributed by atoms with Crippen LogP contribution in [0.25, 0.3) is 0 Å². The Hall–Kier alpha value is 1.26. The second-order valence-electron chi connectivity index (χ2n) is 10.4. The van der Waals surface area contributed by atoms with Crippen molar-refractivity contribution >= 4 is 36.0 Å². The van der Waals surface area contributed by atoms with Gasteiger partial charge in [0.15, 0.2) is 0 Å². The summed E-state index contributed by atoms with van der Waals surface area (Å²) in [6, 6.07) is 0. The molecule has 0 heterocycles. The molecule has 0 atom stereocenters. The number of hydrogen-bond acceptors (Lipinski definition) is 2. The first-order chi connectivity index (χ1) is 15.9. The van der Waals surface area contributed by atoms with E-state index < -0.39 is 12.4 Å². The lowest BCUT2D eigenvalue weighted by Crippen LogP contribution is -2.17. The Morgan fingerprint density at radius 3 is 0.788 bits per heavy atom. The van der Waals surface area contributed by atoms with Gasteiger partial charge in [0.05, 0.1) is 0 Å². The van der Waals surface area contributed by atoms with Crippen LogP contribution in [-0.2, 0) is 23.6 Å². The van der Waals surface area contributed by atoms with Crippen LogP contribution in [-0.4, -0.2) is 24.6 Å². The van der Waals surface area contributed by atoms with Gasteiger partial charge in [-0.25, -0.2) is 0 Å². The molecule has 1 N–H and O–H groups in total. The number of nitrogens with one attached hydrogen (secondary N) is 1. The van der Waals surface area contributed by atoms with Gasteiger partial charge in [0, 0.05) is 12.4 Å². The first-order valence-corrected chi connectivity index (χ1v) is 21.3. The molecule has 0 fully saturated rings. The lowest BCUT2D eigenvalue weighted by Gasteiger charge is -2.33. The molecule has 0 amide bonds. The Balaban J connectivity index is 5.04. The molecular formula is C28H61NP2S2. The van der Waals surface area contributed by atoms with Gasteiger partial charge in [-0.05, 0) is 50.3 Å². The Morgan fingerprint density at radius 2 is 0.576 bits per heavy atom. The van der Waals surface area contributed by atoms with Gasteiger partial charge in [-0.1, -0.05) is 154 Å². The molecule has 0 saturated carbocycles. The van der Waals surface area contributed by atoms with Crippen LogP contribution in [0.4, 0.5) is 0 Å². The highest BCUT2D eigenvalue weighted by Crippen LogP contribution is 2.57. The topological polar surface area (TPSA) is 12.0 Å². The number of rotatable bonds is 26. The highest BCUT2D eigenvalue weighted by molar-refractivity contribution is 8.22. The average Bonchev–Trinajstić information content (AvgIpc) is 2.78. The van der Waals surface area contributed by atoms with E-state index in [1.165, 1.54) is 153 Å². The van der Waals surface area contributed by atoms with E-state index >= 15 is 0 Å². The summed E-state index contributed by atoms with van der Waals surface area (Å²) in [4.78, 5) is 4.22. The minimum Gasteiger partial charge on any atom is -0.259 e. The minimum atomic E-state index is -1.53. The van der Waals surface area contributed by atoms with Gasteiger partial charge >= 0.3 is 0 Å². The van der Waals surface area contributed by atoms with Crippen molar-refractivity contribution in [3.05, 3.63) is 0 Å². The second kappa shape index (κ2) is 23.6. The largest absolute Gasteiger partial charge is 0.259 e. The zero-order valence-corrected chi connectivity index (χ0v) is 26.6. The highest BCUT2D eigenvalue weighted by atomic mass is 32.5. The van der Waals surface area contributed by atoms with Crippen LogP contribution in [0, 0.1) is 0 Å². The third-order valence-corrected chi connectivity index (χ3v) is 17.6. The monoisotopic (exact) mass is 537 g/mol. The summed E-state index contributed by atoms with van der Waals surface area (Å²) in [7, 11) is 0. The molecule has 0 aromatic heterocycles. The van der Waals surface area contributed by atoms with E-state index in [1.807, 2.05) is 0 Å². The summed E-state index contributed by atoms with van der Waals surface area (Å²) in [5, 5.41) is 0. The number of unbranched alkanes of at least 4 members (excludes halogenated alkanes) is 16. The molecule has 0 aliphatic rings. The Kier molecular flexibility index (Phi) is 24.5. The maximum atomic E-state index is 6.51. The van der Waals surface area contributed by atoms with E-state index in [2.05, 4.69) is 32.6 Å². The maximum absolute atomic E-state index is 6.51. The molecule has 0 unspecified atom stereocenters. The quantitative estimate of drug-likeness (QED) is 0.0870. The van der Waals surface area contributed by atoms with Crippen molar-refractivity contribution in [1.82, 2.24) is 4.86 Å². The van der Waals surface area contributed by atoms with Gasteiger partial charge in [0.1, 0.15) is 0 Å². The van der Waals surface area contributed by atoms with Crippen LogP contribution in [0.2, 0.25) is 0 Å². The van der Waals surface area contributed by atoms with Gasteiger partial charge in [0.2, 0.25) is 0 Å². The van der Waals surface area contributed by atoms with Crippen molar-refractivity contribution in [3.8, 4) is 0 Å². The zero-order chi connectivity index (χ0) is 24.7. The van der Waals surface area contributed by atoms with E-state index in [1.54, 1.807) is 0 Å². The molecule has 0 radical (unpaired) electrons. The third-order valence-electron chi connectivity index (χ3n) is 6.86. The molecular weight excluding hydrogens is 476 g/mol. The summed E-state index contributed by atoms with van der Waals surface area (Å²) in [5.74, 6) is 0. The van der Waals surface area contributed by atoms with Crippen molar-refractivity contribution < 1.29 is 0 Å². The minimum absolute atomic E-state index is 1.25. The Labute approximate surface area is 220 Å². The molecule has 0 aliphatic heterocycles. The van der Waals surface area contributed by atoms with Crippen LogP contribution < -0.4 is 4.86 Å². The smallest absolute Gasteiger partial charge is 0.0164 e. The van der Waals surface area contributed by atoms with Crippen molar-refractivity contribution in [1.29, 1.82) is 0 Å². The van der Waals surface area contributed by atoms with Gasteiger partial charge in [-0.15, -0.1) is 0 Å². The van der Waals surface area contributed by atoms with Crippen LogP contribution in [0.3, 0.4) is 0 Å². The molecule has 5 heteroatoms. The average molecular weight is 538 g/mol. The molecule has 0 bridgehead atoms. The predicted octanol–water partition coefficient (Wildman–Crippen LogP) is 11.2. The van der Waals surface area contributed by atoms with Crippen molar-refractivity contribution in [2.75, 3.05) is 24.6 Å². The fraction of sp³-hybridized carbons (Fsp3) is 1.00. The van der Waals surface area contributed by atoms with Gasteiger partial charge < -0.3 is 0 Å². The number of hydrogen-bond donors (Lipinski definition) is 1. The van der Waals surface area contributed by atoms with Crippen LogP contribution in [0.1, 0.15) is 156 Å². The molecule has 0 spiro atoms. The molecule has 0 rings (SSSR count). The lowest BCUT2D eigenvalue weighted by molar-refractivity contribution is 0.650. The van der Waals surface area contributed by atoms with E-state index in [0.29, 0.717) is 0 Å². The van der Waals surface area contributed by atoms with Crippen LogP contribution in [0.5, 0.6) is 0 Å². The Bertz CT molecular complexity index is 430. The van der Waals surface area contributed by atoms with Crippen molar-refractivity contribution in [2.45, 2.75) is 156 Å². The standard InChI is InChI=1S/C28H61NP2S2/c1-5-9-13-17-21-25-30(32,26-22-18-14-10-6-2)29-31(33,27-23-19-15-11-7-3)28-24-20-16-12-8-4/h5-28H2,1-4H3,(H,29,32,33).